The lowest BCUT2D eigenvalue weighted by atomic mass is 9.65. The molecule has 2 aromatic carbocycles. The third-order valence-corrected chi connectivity index (χ3v) is 12.1. The SMILES string of the molecule is CCc1c(F)ccc2cc(O)cc(-c3ncc4c(N5CCOCC(C)(O)C5)nc(OCC56CCCC5N(C5CC(C)(C#N)C5)CCC6)nc4c3F)c12. The first-order valence-electron chi connectivity index (χ1n) is 18.6. The Bertz CT molecular complexity index is 2080. The number of aliphatic hydroxyl groups is 1. The van der Waals surface area contributed by atoms with Crippen LogP contribution in [0.2, 0.25) is 0 Å². The van der Waals surface area contributed by atoms with Crippen LogP contribution in [0, 0.1) is 33.8 Å². The number of anilines is 1. The molecule has 2 saturated heterocycles. The minimum absolute atomic E-state index is 0.0169. The second-order valence-corrected chi connectivity index (χ2v) is 16.1. The fourth-order valence-electron chi connectivity index (χ4n) is 9.62. The molecule has 4 aromatic rings. The highest BCUT2D eigenvalue weighted by Gasteiger charge is 2.54. The zero-order valence-corrected chi connectivity index (χ0v) is 30.1. The Morgan fingerprint density at radius 2 is 1.92 bits per heavy atom. The molecule has 2 aliphatic carbocycles. The number of benzene rings is 2. The van der Waals surface area contributed by atoms with Gasteiger partial charge in [-0.2, -0.15) is 15.2 Å². The fourth-order valence-corrected chi connectivity index (χ4v) is 9.62. The normalized spacial score (nSPS) is 29.4. The highest BCUT2D eigenvalue weighted by atomic mass is 19.1. The predicted octanol–water partition coefficient (Wildman–Crippen LogP) is 6.68. The number of phenols is 1. The molecule has 10 nitrogen and oxygen atoms in total. The summed E-state index contributed by atoms with van der Waals surface area (Å²) in [6.07, 6.45) is 8.83. The molecule has 3 atom stereocenters. The Labute approximate surface area is 302 Å². The van der Waals surface area contributed by atoms with Gasteiger partial charge in [-0.15, -0.1) is 0 Å². The van der Waals surface area contributed by atoms with Crippen LogP contribution >= 0.6 is 0 Å². The number of nitriles is 1. The molecule has 0 spiro atoms. The number of hydrogen-bond donors (Lipinski definition) is 2. The topological polar surface area (TPSA) is 128 Å². The molecule has 4 heterocycles. The van der Waals surface area contributed by atoms with E-state index in [4.69, 9.17) is 19.4 Å². The summed E-state index contributed by atoms with van der Waals surface area (Å²) in [5.74, 6) is -0.877. The van der Waals surface area contributed by atoms with Crippen molar-refractivity contribution >= 4 is 27.5 Å². The maximum absolute atomic E-state index is 17.1. The maximum atomic E-state index is 17.1. The molecule has 12 heteroatoms. The second kappa shape index (κ2) is 13.0. The summed E-state index contributed by atoms with van der Waals surface area (Å²) in [5.41, 5.74) is -0.982. The first-order chi connectivity index (χ1) is 24.9. The lowest BCUT2D eigenvalue weighted by Gasteiger charge is -2.54. The number of hydrogen-bond acceptors (Lipinski definition) is 10. The number of fused-ring (bicyclic) bond motifs is 3. The van der Waals surface area contributed by atoms with E-state index in [0.717, 1.165) is 51.5 Å². The Morgan fingerprint density at radius 1 is 1.12 bits per heavy atom. The van der Waals surface area contributed by atoms with Crippen LogP contribution in [0.25, 0.3) is 32.9 Å². The van der Waals surface area contributed by atoms with E-state index < -0.39 is 17.2 Å². The van der Waals surface area contributed by atoms with Gasteiger partial charge in [0.1, 0.15) is 34.2 Å². The van der Waals surface area contributed by atoms with E-state index in [2.05, 4.69) is 16.0 Å². The quantitative estimate of drug-likeness (QED) is 0.214. The molecule has 2 aromatic heterocycles. The number of likely N-dealkylation sites (tertiary alicyclic amines) is 1. The van der Waals surface area contributed by atoms with E-state index in [1.807, 2.05) is 18.7 Å². The Morgan fingerprint density at radius 3 is 2.71 bits per heavy atom. The predicted molar refractivity (Wildman–Crippen MR) is 193 cm³/mol. The van der Waals surface area contributed by atoms with Gasteiger partial charge < -0.3 is 24.6 Å². The van der Waals surface area contributed by atoms with Gasteiger partial charge in [0.15, 0.2) is 5.82 Å². The third kappa shape index (κ3) is 6.00. The molecule has 0 bridgehead atoms. The lowest BCUT2D eigenvalue weighted by Crippen LogP contribution is -2.60. The average Bonchev–Trinajstić information content (AvgIpc) is 3.46. The van der Waals surface area contributed by atoms with Gasteiger partial charge in [0.2, 0.25) is 0 Å². The highest BCUT2D eigenvalue weighted by Crippen LogP contribution is 2.53. The van der Waals surface area contributed by atoms with Crippen molar-refractivity contribution in [2.24, 2.45) is 10.8 Å². The first kappa shape index (κ1) is 34.9. The molecule has 0 radical (unpaired) electrons. The molecule has 4 aliphatic rings. The lowest BCUT2D eigenvalue weighted by molar-refractivity contribution is -0.0629. The van der Waals surface area contributed by atoms with Gasteiger partial charge in [-0.25, -0.2) is 8.78 Å². The zero-order valence-electron chi connectivity index (χ0n) is 30.1. The van der Waals surface area contributed by atoms with Crippen molar-refractivity contribution in [3.8, 4) is 29.1 Å². The van der Waals surface area contributed by atoms with Gasteiger partial charge in [0.25, 0.3) is 0 Å². The van der Waals surface area contributed by atoms with Crippen LogP contribution in [0.15, 0.2) is 30.5 Å². The van der Waals surface area contributed by atoms with Crippen molar-refractivity contribution in [1.29, 1.82) is 5.26 Å². The monoisotopic (exact) mass is 712 g/mol. The van der Waals surface area contributed by atoms with Gasteiger partial charge in [-0.1, -0.05) is 19.4 Å². The minimum atomic E-state index is -1.19. The van der Waals surface area contributed by atoms with E-state index in [0.29, 0.717) is 65.8 Å². The summed E-state index contributed by atoms with van der Waals surface area (Å²) in [7, 11) is 0. The summed E-state index contributed by atoms with van der Waals surface area (Å²) in [6, 6.07) is 9.12. The van der Waals surface area contributed by atoms with E-state index >= 15 is 8.78 Å². The molecule has 4 fully saturated rings. The van der Waals surface area contributed by atoms with Crippen LogP contribution < -0.4 is 9.64 Å². The molecule has 8 rings (SSSR count). The Balaban J connectivity index is 1.21. The highest BCUT2D eigenvalue weighted by molar-refractivity contribution is 6.01. The fraction of sp³-hybridized carbons (Fsp3) is 0.550. The van der Waals surface area contributed by atoms with Crippen molar-refractivity contribution in [2.45, 2.75) is 89.8 Å². The number of phenolic OH excluding ortho intramolecular Hbond substituents is 1. The second-order valence-electron chi connectivity index (χ2n) is 16.1. The number of aryl methyl sites for hydroxylation is 1. The van der Waals surface area contributed by atoms with Crippen LogP contribution in [-0.4, -0.2) is 87.2 Å². The van der Waals surface area contributed by atoms with Gasteiger partial charge in [0, 0.05) is 35.8 Å². The van der Waals surface area contributed by atoms with E-state index in [9.17, 15) is 15.5 Å². The summed E-state index contributed by atoms with van der Waals surface area (Å²) >= 11 is 0. The Hall–Kier alpha value is -4.18. The number of β-amino-alcohol motifs (C(OH)–C–C–N with tert-alkyl or cyclic N) is 1. The zero-order chi connectivity index (χ0) is 36.4. The summed E-state index contributed by atoms with van der Waals surface area (Å²) < 4.78 is 44.4. The van der Waals surface area contributed by atoms with E-state index in [-0.39, 0.29) is 52.5 Å². The number of piperidine rings is 1. The van der Waals surface area contributed by atoms with Gasteiger partial charge in [0.05, 0.1) is 43.2 Å². The molecular formula is C40H46F2N6O4. The molecule has 3 unspecified atom stereocenters. The largest absolute Gasteiger partial charge is 0.508 e. The third-order valence-electron chi connectivity index (χ3n) is 12.1. The number of halogens is 2. The number of aromatic hydroxyl groups is 1. The van der Waals surface area contributed by atoms with Crippen molar-refractivity contribution in [2.75, 3.05) is 44.4 Å². The van der Waals surface area contributed by atoms with E-state index in [1.54, 1.807) is 13.0 Å². The smallest absolute Gasteiger partial charge is 0.319 e. The Kier molecular flexibility index (Phi) is 8.75. The molecule has 2 saturated carbocycles. The van der Waals surface area contributed by atoms with Crippen LogP contribution in [0.3, 0.4) is 0 Å². The number of nitrogens with zero attached hydrogens (tertiary/aromatic N) is 6. The molecular weight excluding hydrogens is 666 g/mol. The molecule has 52 heavy (non-hydrogen) atoms. The number of aromatic nitrogens is 3. The van der Waals surface area contributed by atoms with Gasteiger partial charge in [-0.05, 0) is 99.9 Å². The van der Waals surface area contributed by atoms with Crippen LogP contribution in [-0.2, 0) is 11.2 Å². The van der Waals surface area contributed by atoms with Crippen LogP contribution in [0.5, 0.6) is 11.8 Å². The van der Waals surface area contributed by atoms with Crippen molar-refractivity contribution in [1.82, 2.24) is 19.9 Å². The van der Waals surface area contributed by atoms with E-state index in [1.165, 1.54) is 24.4 Å². The number of ether oxygens (including phenoxy) is 2. The summed E-state index contributed by atoms with van der Waals surface area (Å²) in [4.78, 5) is 18.6. The van der Waals surface area contributed by atoms with Crippen molar-refractivity contribution in [3.05, 3.63) is 47.7 Å². The summed E-state index contributed by atoms with van der Waals surface area (Å²) in [5, 5.41) is 32.8. The van der Waals surface area contributed by atoms with Gasteiger partial charge >= 0.3 is 6.01 Å². The van der Waals surface area contributed by atoms with Crippen LogP contribution in [0.1, 0.15) is 71.3 Å². The first-order valence-corrected chi connectivity index (χ1v) is 18.6. The molecule has 2 aliphatic heterocycles. The standard InChI is InChI=1S/C40H46F2N6O4/c1-4-27-30(41)9-8-24-15-26(49)16-28(32(24)27)34-33(42)35-29(19-44-34)36(47-13-14-51-22-39(3,50)21-47)46-37(45-35)52-23-40-10-5-7-31(40)48(12-6-11-40)25-17-38(2,18-25)20-43/h8-9,15-16,19,25,31,49-50H,4-7,10-14,17-18,21-23H2,1-3H3. The average molecular weight is 713 g/mol. The summed E-state index contributed by atoms with van der Waals surface area (Å²) in [6.45, 7) is 8.01. The maximum Gasteiger partial charge on any atom is 0.319 e. The number of pyridine rings is 1. The van der Waals surface area contributed by atoms with Gasteiger partial charge in [-0.3, -0.25) is 9.88 Å². The molecule has 0 amide bonds. The molecule has 274 valence electrons. The minimum Gasteiger partial charge on any atom is -0.508 e. The van der Waals surface area contributed by atoms with Crippen molar-refractivity contribution < 1.29 is 28.5 Å². The molecule has 2 N–H and O–H groups in total. The number of rotatable bonds is 7. The van der Waals surface area contributed by atoms with Crippen LogP contribution in [0.4, 0.5) is 14.6 Å². The van der Waals surface area contributed by atoms with Crippen molar-refractivity contribution in [3.63, 3.8) is 0 Å².